The van der Waals surface area contributed by atoms with Crippen LogP contribution in [0.15, 0.2) is 6.07 Å². The van der Waals surface area contributed by atoms with E-state index in [-0.39, 0.29) is 0 Å². The van der Waals surface area contributed by atoms with Crippen LogP contribution in [0.2, 0.25) is 0 Å². The van der Waals surface area contributed by atoms with Crippen molar-refractivity contribution in [3.8, 4) is 0 Å². The summed E-state index contributed by atoms with van der Waals surface area (Å²) < 4.78 is 0. The largest absolute Gasteiger partial charge is 0.367 e. The zero-order valence-corrected chi connectivity index (χ0v) is 9.83. The van der Waals surface area contributed by atoms with Crippen LogP contribution in [-0.2, 0) is 0 Å². The van der Waals surface area contributed by atoms with Gasteiger partial charge in [-0.3, -0.25) is 0 Å². The van der Waals surface area contributed by atoms with Gasteiger partial charge in [-0.05, 0) is 26.2 Å². The minimum Gasteiger partial charge on any atom is -0.367 e. The van der Waals surface area contributed by atoms with E-state index >= 15 is 0 Å². The highest BCUT2D eigenvalue weighted by Gasteiger charge is 2.27. The summed E-state index contributed by atoms with van der Waals surface area (Å²) in [4.78, 5) is 8.87. The van der Waals surface area contributed by atoms with Crippen molar-refractivity contribution in [3.63, 3.8) is 0 Å². The summed E-state index contributed by atoms with van der Waals surface area (Å²) in [5, 5.41) is 3.34. The van der Waals surface area contributed by atoms with E-state index in [0.717, 1.165) is 18.1 Å². The van der Waals surface area contributed by atoms with Gasteiger partial charge >= 0.3 is 0 Å². The number of nitrogens with two attached hydrogens (primary N) is 1. The lowest BCUT2D eigenvalue weighted by Crippen LogP contribution is -2.17. The molecule has 1 heterocycles. The number of aromatic nitrogens is 2. The van der Waals surface area contributed by atoms with Crippen molar-refractivity contribution in [2.75, 3.05) is 10.7 Å². The average Bonchev–Trinajstić information content (AvgIpc) is 3.12. The SMILES string of the molecule is CCC(C)Nc1cc(NN)nc(C2CC2)n1. The van der Waals surface area contributed by atoms with Crippen molar-refractivity contribution in [2.24, 2.45) is 5.84 Å². The molecule has 0 bridgehead atoms. The van der Waals surface area contributed by atoms with Crippen LogP contribution in [0.25, 0.3) is 0 Å². The predicted octanol–water partition coefficient (Wildman–Crippen LogP) is 1.85. The minimum absolute atomic E-state index is 0.410. The fraction of sp³-hybridized carbons (Fsp3) is 0.636. The summed E-state index contributed by atoms with van der Waals surface area (Å²) in [6.45, 7) is 4.28. The Balaban J connectivity index is 2.18. The number of hydrogen-bond donors (Lipinski definition) is 3. The third-order valence-electron chi connectivity index (χ3n) is 2.84. The second-order valence-corrected chi connectivity index (χ2v) is 4.37. The lowest BCUT2D eigenvalue weighted by Gasteiger charge is -2.13. The standard InChI is InChI=1S/C11H19N5/c1-3-7(2)13-9-6-10(16-12)15-11(14-9)8-4-5-8/h6-8H,3-5,12H2,1-2H3,(H2,13,14,15,16). The average molecular weight is 221 g/mol. The van der Waals surface area contributed by atoms with Crippen LogP contribution in [0.5, 0.6) is 0 Å². The summed E-state index contributed by atoms with van der Waals surface area (Å²) in [5.74, 6) is 8.38. The number of nitrogen functional groups attached to an aromatic ring is 1. The third kappa shape index (κ3) is 2.61. The molecule has 4 N–H and O–H groups in total. The van der Waals surface area contributed by atoms with Crippen molar-refractivity contribution in [3.05, 3.63) is 11.9 Å². The Bertz CT molecular complexity index is 361. The Labute approximate surface area is 95.8 Å². The molecule has 1 aliphatic carbocycles. The molecule has 1 atom stereocenters. The summed E-state index contributed by atoms with van der Waals surface area (Å²) in [7, 11) is 0. The molecule has 5 nitrogen and oxygen atoms in total. The summed E-state index contributed by atoms with van der Waals surface area (Å²) in [6, 6.07) is 2.26. The summed E-state index contributed by atoms with van der Waals surface area (Å²) in [6.07, 6.45) is 3.45. The second kappa shape index (κ2) is 4.65. The molecule has 0 saturated heterocycles. The molecule has 0 spiro atoms. The van der Waals surface area contributed by atoms with Gasteiger partial charge in [0.2, 0.25) is 0 Å². The first-order valence-electron chi connectivity index (χ1n) is 5.85. The van der Waals surface area contributed by atoms with Gasteiger partial charge in [-0.25, -0.2) is 15.8 Å². The van der Waals surface area contributed by atoms with Crippen LogP contribution in [-0.4, -0.2) is 16.0 Å². The normalized spacial score (nSPS) is 16.9. The monoisotopic (exact) mass is 221 g/mol. The van der Waals surface area contributed by atoms with E-state index in [1.54, 1.807) is 0 Å². The van der Waals surface area contributed by atoms with Crippen LogP contribution < -0.4 is 16.6 Å². The van der Waals surface area contributed by atoms with Crippen LogP contribution in [0.3, 0.4) is 0 Å². The Kier molecular flexibility index (Phi) is 3.24. The highest BCUT2D eigenvalue weighted by atomic mass is 15.3. The van der Waals surface area contributed by atoms with Gasteiger partial charge in [0.15, 0.2) is 0 Å². The van der Waals surface area contributed by atoms with Gasteiger partial charge in [0.05, 0.1) is 0 Å². The van der Waals surface area contributed by atoms with E-state index in [1.165, 1.54) is 12.8 Å². The van der Waals surface area contributed by atoms with Crippen LogP contribution in [0.1, 0.15) is 44.9 Å². The van der Waals surface area contributed by atoms with Crippen molar-refractivity contribution >= 4 is 11.6 Å². The topological polar surface area (TPSA) is 75.9 Å². The number of hydrogen-bond acceptors (Lipinski definition) is 5. The minimum atomic E-state index is 0.410. The second-order valence-electron chi connectivity index (χ2n) is 4.37. The van der Waals surface area contributed by atoms with E-state index in [4.69, 9.17) is 5.84 Å². The molecule has 1 aromatic rings. The first-order valence-corrected chi connectivity index (χ1v) is 5.85. The number of anilines is 2. The van der Waals surface area contributed by atoms with Gasteiger partial charge in [0.1, 0.15) is 17.5 Å². The lowest BCUT2D eigenvalue weighted by molar-refractivity contribution is 0.755. The zero-order valence-electron chi connectivity index (χ0n) is 9.83. The van der Waals surface area contributed by atoms with Gasteiger partial charge in [-0.2, -0.15) is 0 Å². The highest BCUT2D eigenvalue weighted by molar-refractivity contribution is 5.47. The molecule has 1 fully saturated rings. The van der Waals surface area contributed by atoms with Crippen molar-refractivity contribution in [1.82, 2.24) is 9.97 Å². The molecule has 1 unspecified atom stereocenters. The Morgan fingerprint density at radius 2 is 2.12 bits per heavy atom. The lowest BCUT2D eigenvalue weighted by atomic mass is 10.2. The van der Waals surface area contributed by atoms with Gasteiger partial charge in [0, 0.05) is 18.0 Å². The number of hydrazine groups is 1. The fourth-order valence-corrected chi connectivity index (χ4v) is 1.49. The van der Waals surface area contributed by atoms with Crippen molar-refractivity contribution in [1.29, 1.82) is 0 Å². The maximum absolute atomic E-state index is 5.40. The molecular formula is C11H19N5. The molecule has 1 aromatic heterocycles. The first kappa shape index (κ1) is 11.1. The fourth-order valence-electron chi connectivity index (χ4n) is 1.49. The third-order valence-corrected chi connectivity index (χ3v) is 2.84. The molecule has 0 radical (unpaired) electrons. The molecule has 5 heteroatoms. The Morgan fingerprint density at radius 3 is 2.69 bits per heavy atom. The maximum Gasteiger partial charge on any atom is 0.145 e. The van der Waals surface area contributed by atoms with Crippen molar-refractivity contribution in [2.45, 2.75) is 45.1 Å². The Morgan fingerprint density at radius 1 is 1.44 bits per heavy atom. The van der Waals surface area contributed by atoms with Gasteiger partial charge in [-0.1, -0.05) is 6.92 Å². The van der Waals surface area contributed by atoms with E-state index in [9.17, 15) is 0 Å². The van der Waals surface area contributed by atoms with E-state index in [2.05, 4.69) is 34.6 Å². The molecule has 16 heavy (non-hydrogen) atoms. The van der Waals surface area contributed by atoms with Crippen LogP contribution >= 0.6 is 0 Å². The Hall–Kier alpha value is -1.36. The number of rotatable bonds is 5. The van der Waals surface area contributed by atoms with Gasteiger partial charge in [0.25, 0.3) is 0 Å². The van der Waals surface area contributed by atoms with E-state index in [1.807, 2.05) is 6.07 Å². The number of nitrogens with zero attached hydrogens (tertiary/aromatic N) is 2. The summed E-state index contributed by atoms with van der Waals surface area (Å²) in [5.41, 5.74) is 2.59. The molecule has 88 valence electrons. The molecule has 1 saturated carbocycles. The van der Waals surface area contributed by atoms with E-state index in [0.29, 0.717) is 17.8 Å². The highest BCUT2D eigenvalue weighted by Crippen LogP contribution is 2.38. The molecule has 1 aliphatic rings. The summed E-state index contributed by atoms with van der Waals surface area (Å²) >= 11 is 0. The maximum atomic E-state index is 5.40. The molecular weight excluding hydrogens is 202 g/mol. The zero-order chi connectivity index (χ0) is 11.5. The molecule has 2 rings (SSSR count). The van der Waals surface area contributed by atoms with Gasteiger partial charge < -0.3 is 10.7 Å². The van der Waals surface area contributed by atoms with Crippen molar-refractivity contribution < 1.29 is 0 Å². The predicted molar refractivity (Wildman–Crippen MR) is 65.2 cm³/mol. The molecule has 0 amide bonds. The van der Waals surface area contributed by atoms with Crippen LogP contribution in [0, 0.1) is 0 Å². The van der Waals surface area contributed by atoms with E-state index < -0.39 is 0 Å². The molecule has 0 aromatic carbocycles. The van der Waals surface area contributed by atoms with Gasteiger partial charge in [-0.15, -0.1) is 0 Å². The quantitative estimate of drug-likeness (QED) is 0.522. The van der Waals surface area contributed by atoms with Crippen LogP contribution in [0.4, 0.5) is 11.6 Å². The molecule has 0 aliphatic heterocycles. The number of nitrogens with one attached hydrogen (secondary N) is 2. The first-order chi connectivity index (χ1) is 7.72. The smallest absolute Gasteiger partial charge is 0.145 e.